The molecule has 0 aromatic heterocycles. The van der Waals surface area contributed by atoms with Gasteiger partial charge in [-0.3, -0.25) is 9.59 Å². The van der Waals surface area contributed by atoms with E-state index < -0.39 is 33.7 Å². The molecule has 2 aromatic rings. The second-order valence-corrected chi connectivity index (χ2v) is 9.54. The summed E-state index contributed by atoms with van der Waals surface area (Å²) in [6.07, 6.45) is 1.01. The van der Waals surface area contributed by atoms with Crippen LogP contribution in [0.15, 0.2) is 53.4 Å². The van der Waals surface area contributed by atoms with Crippen LogP contribution >= 0.6 is 0 Å². The van der Waals surface area contributed by atoms with Gasteiger partial charge in [0.05, 0.1) is 17.9 Å². The number of nitrogens with one attached hydrogen (secondary N) is 2. The van der Waals surface area contributed by atoms with Gasteiger partial charge in [-0.1, -0.05) is 0 Å². The third-order valence-electron chi connectivity index (χ3n) is 5.32. The Morgan fingerprint density at radius 2 is 1.78 bits per heavy atom. The highest BCUT2D eigenvalue weighted by molar-refractivity contribution is 7.89. The molecule has 0 saturated carbocycles. The molecule has 10 heteroatoms. The second kappa shape index (κ2) is 10.1. The van der Waals surface area contributed by atoms with Gasteiger partial charge in [0.25, 0.3) is 0 Å². The summed E-state index contributed by atoms with van der Waals surface area (Å²) in [6, 6.07) is 10.6. The van der Waals surface area contributed by atoms with E-state index in [4.69, 9.17) is 4.74 Å². The molecule has 3 rings (SSSR count). The van der Waals surface area contributed by atoms with E-state index in [1.165, 1.54) is 16.4 Å². The Morgan fingerprint density at radius 3 is 2.41 bits per heavy atom. The summed E-state index contributed by atoms with van der Waals surface area (Å²) in [4.78, 5) is 25.1. The number of piperidine rings is 1. The van der Waals surface area contributed by atoms with Gasteiger partial charge in [-0.25, -0.2) is 12.8 Å². The molecular formula is C22H26FN3O5S. The number of halogens is 1. The van der Waals surface area contributed by atoms with Gasteiger partial charge in [0, 0.05) is 18.8 Å². The summed E-state index contributed by atoms with van der Waals surface area (Å²) in [6.45, 7) is 1.84. The molecule has 1 aliphatic rings. The van der Waals surface area contributed by atoms with Crippen molar-refractivity contribution in [3.05, 3.63) is 54.3 Å². The summed E-state index contributed by atoms with van der Waals surface area (Å²) in [5, 5.41) is 5.38. The molecule has 1 saturated heterocycles. The zero-order chi connectivity index (χ0) is 23.3. The van der Waals surface area contributed by atoms with E-state index in [1.807, 2.05) is 0 Å². The normalized spacial score (nSPS) is 17.9. The summed E-state index contributed by atoms with van der Waals surface area (Å²) in [5.41, 5.74) is 0.561. The molecule has 2 N–H and O–H groups in total. The molecule has 0 spiro atoms. The number of sulfonamides is 1. The van der Waals surface area contributed by atoms with Gasteiger partial charge in [0.1, 0.15) is 17.6 Å². The minimum absolute atomic E-state index is 0.00162. The first-order chi connectivity index (χ1) is 15.2. The highest BCUT2D eigenvalue weighted by Crippen LogP contribution is 2.24. The molecule has 0 bridgehead atoms. The number of methoxy groups -OCH3 is 1. The Labute approximate surface area is 186 Å². The van der Waals surface area contributed by atoms with Crippen molar-refractivity contribution in [2.45, 2.75) is 30.7 Å². The minimum atomic E-state index is -3.84. The summed E-state index contributed by atoms with van der Waals surface area (Å²) in [7, 11) is -2.30. The SMILES string of the molecule is COc1ccc(NC(=O)[C@H](C)NC(=O)[C@H]2CCCN(S(=O)(=O)c3ccc(F)cc3)C2)cc1. The van der Waals surface area contributed by atoms with Gasteiger partial charge in [0.2, 0.25) is 21.8 Å². The van der Waals surface area contributed by atoms with Gasteiger partial charge in [-0.05, 0) is 68.3 Å². The summed E-state index contributed by atoms with van der Waals surface area (Å²) < 4.78 is 45.1. The zero-order valence-electron chi connectivity index (χ0n) is 17.9. The summed E-state index contributed by atoms with van der Waals surface area (Å²) in [5.74, 6) is -1.24. The van der Waals surface area contributed by atoms with E-state index in [1.54, 1.807) is 38.3 Å². The van der Waals surface area contributed by atoms with Crippen molar-refractivity contribution in [2.24, 2.45) is 5.92 Å². The van der Waals surface area contributed by atoms with Crippen LogP contribution in [0.3, 0.4) is 0 Å². The quantitative estimate of drug-likeness (QED) is 0.656. The van der Waals surface area contributed by atoms with E-state index in [9.17, 15) is 22.4 Å². The van der Waals surface area contributed by atoms with Gasteiger partial charge in [-0.15, -0.1) is 0 Å². The Balaban J connectivity index is 1.59. The fourth-order valence-corrected chi connectivity index (χ4v) is 4.98. The van der Waals surface area contributed by atoms with E-state index >= 15 is 0 Å². The van der Waals surface area contributed by atoms with Crippen molar-refractivity contribution in [1.82, 2.24) is 9.62 Å². The van der Waals surface area contributed by atoms with Crippen molar-refractivity contribution >= 4 is 27.5 Å². The summed E-state index contributed by atoms with van der Waals surface area (Å²) >= 11 is 0. The van der Waals surface area contributed by atoms with Crippen LogP contribution in [-0.2, 0) is 19.6 Å². The van der Waals surface area contributed by atoms with Gasteiger partial charge >= 0.3 is 0 Å². The first-order valence-corrected chi connectivity index (χ1v) is 11.7. The number of nitrogens with zero attached hydrogens (tertiary/aromatic N) is 1. The van der Waals surface area contributed by atoms with Crippen molar-refractivity contribution < 1.29 is 27.1 Å². The molecule has 1 fully saturated rings. The number of anilines is 1. The fourth-order valence-electron chi connectivity index (χ4n) is 3.45. The van der Waals surface area contributed by atoms with E-state index in [0.29, 0.717) is 24.3 Å². The second-order valence-electron chi connectivity index (χ2n) is 7.60. The molecule has 1 aliphatic heterocycles. The van der Waals surface area contributed by atoms with Crippen LogP contribution in [0.4, 0.5) is 10.1 Å². The third kappa shape index (κ3) is 5.63. The number of rotatable bonds is 7. The predicted molar refractivity (Wildman–Crippen MR) is 117 cm³/mol. The number of amides is 2. The Morgan fingerprint density at radius 1 is 1.12 bits per heavy atom. The van der Waals surface area contributed by atoms with E-state index in [2.05, 4.69) is 10.6 Å². The Bertz CT molecular complexity index is 1060. The topological polar surface area (TPSA) is 105 Å². The Kier molecular flexibility index (Phi) is 7.47. The molecule has 8 nitrogen and oxygen atoms in total. The van der Waals surface area contributed by atoms with E-state index in [-0.39, 0.29) is 23.9 Å². The van der Waals surface area contributed by atoms with E-state index in [0.717, 1.165) is 12.1 Å². The number of carbonyl (C=O) groups is 2. The first-order valence-electron chi connectivity index (χ1n) is 10.2. The van der Waals surface area contributed by atoms with Crippen LogP contribution in [0, 0.1) is 11.7 Å². The molecular weight excluding hydrogens is 437 g/mol. The van der Waals surface area contributed by atoms with Gasteiger partial charge < -0.3 is 15.4 Å². The molecule has 172 valence electrons. The van der Waals surface area contributed by atoms with Crippen molar-refractivity contribution in [2.75, 3.05) is 25.5 Å². The largest absolute Gasteiger partial charge is 0.497 e. The van der Waals surface area contributed by atoms with Crippen LogP contribution < -0.4 is 15.4 Å². The van der Waals surface area contributed by atoms with Crippen molar-refractivity contribution in [1.29, 1.82) is 0 Å². The first kappa shape index (κ1) is 23.7. The lowest BCUT2D eigenvalue weighted by atomic mass is 9.98. The smallest absolute Gasteiger partial charge is 0.246 e. The maximum Gasteiger partial charge on any atom is 0.246 e. The molecule has 2 atom stereocenters. The molecule has 2 aromatic carbocycles. The molecule has 32 heavy (non-hydrogen) atoms. The molecule has 2 amide bonds. The molecule has 0 radical (unpaired) electrons. The average molecular weight is 464 g/mol. The highest BCUT2D eigenvalue weighted by Gasteiger charge is 2.34. The minimum Gasteiger partial charge on any atom is -0.497 e. The maximum atomic E-state index is 13.1. The van der Waals surface area contributed by atoms with Crippen LogP contribution in [0.1, 0.15) is 19.8 Å². The molecule has 0 unspecified atom stereocenters. The lowest BCUT2D eigenvalue weighted by Crippen LogP contribution is -2.49. The number of carbonyl (C=O) groups excluding carboxylic acids is 2. The van der Waals surface area contributed by atoms with Crippen molar-refractivity contribution in [3.63, 3.8) is 0 Å². The van der Waals surface area contributed by atoms with Crippen molar-refractivity contribution in [3.8, 4) is 5.75 Å². The fraction of sp³-hybridized carbons (Fsp3) is 0.364. The monoisotopic (exact) mass is 463 g/mol. The van der Waals surface area contributed by atoms with Crippen LogP contribution in [-0.4, -0.2) is 50.8 Å². The molecule has 1 heterocycles. The van der Waals surface area contributed by atoms with Crippen LogP contribution in [0.25, 0.3) is 0 Å². The predicted octanol–water partition coefficient (Wildman–Crippen LogP) is 2.38. The number of ether oxygens (including phenoxy) is 1. The van der Waals surface area contributed by atoms with Crippen LogP contribution in [0.5, 0.6) is 5.75 Å². The lowest BCUT2D eigenvalue weighted by molar-refractivity contribution is -0.129. The zero-order valence-corrected chi connectivity index (χ0v) is 18.7. The third-order valence-corrected chi connectivity index (χ3v) is 7.20. The average Bonchev–Trinajstić information content (AvgIpc) is 2.79. The van der Waals surface area contributed by atoms with Gasteiger partial charge in [0.15, 0.2) is 0 Å². The number of hydrogen-bond acceptors (Lipinski definition) is 5. The highest BCUT2D eigenvalue weighted by atomic mass is 32.2. The van der Waals surface area contributed by atoms with Crippen LogP contribution in [0.2, 0.25) is 0 Å². The standard InChI is InChI=1S/C22H26FN3O5S/c1-15(21(27)25-18-7-9-19(31-2)10-8-18)24-22(28)16-4-3-13-26(14-16)32(29,30)20-11-5-17(23)6-12-20/h5-12,15-16H,3-4,13-14H2,1-2H3,(H,24,28)(H,25,27)/t15-,16-/m0/s1. The maximum absolute atomic E-state index is 13.1. The number of benzene rings is 2. The van der Waals surface area contributed by atoms with Gasteiger partial charge in [-0.2, -0.15) is 4.31 Å². The lowest BCUT2D eigenvalue weighted by Gasteiger charge is -2.31. The Hall–Kier alpha value is -2.98. The molecule has 0 aliphatic carbocycles. The number of hydrogen-bond donors (Lipinski definition) is 2.